The molecule has 7 nitrogen and oxygen atoms in total. The lowest BCUT2D eigenvalue weighted by Crippen LogP contribution is -2.29. The van der Waals surface area contributed by atoms with Crippen molar-refractivity contribution in [2.45, 2.75) is 19.4 Å². The highest BCUT2D eigenvalue weighted by molar-refractivity contribution is 5.96. The maximum absolute atomic E-state index is 12.4. The molecule has 4 heterocycles. The van der Waals surface area contributed by atoms with Crippen LogP contribution in [0.5, 0.6) is 0 Å². The van der Waals surface area contributed by atoms with Crippen LogP contribution >= 0.6 is 0 Å². The zero-order valence-corrected chi connectivity index (χ0v) is 14.3. The summed E-state index contributed by atoms with van der Waals surface area (Å²) < 4.78 is 1.76. The van der Waals surface area contributed by atoms with Gasteiger partial charge in [0.05, 0.1) is 11.7 Å². The smallest absolute Gasteiger partial charge is 0.272 e. The van der Waals surface area contributed by atoms with Crippen LogP contribution in [-0.4, -0.2) is 44.4 Å². The maximum Gasteiger partial charge on any atom is 0.272 e. The Morgan fingerprint density at radius 1 is 1.04 bits per heavy atom. The summed E-state index contributed by atoms with van der Waals surface area (Å²) in [6, 6.07) is 10.7. The Morgan fingerprint density at radius 3 is 2.69 bits per heavy atom. The van der Waals surface area contributed by atoms with Gasteiger partial charge in [0, 0.05) is 31.4 Å². The second kappa shape index (κ2) is 6.95. The SMILES string of the molecule is O=C(NCc1cnn2ccccc12)c1cccc(C(=O)N2CCCC2)n1. The second-order valence-corrected chi connectivity index (χ2v) is 6.29. The van der Waals surface area contributed by atoms with Crippen molar-refractivity contribution in [1.29, 1.82) is 0 Å². The number of carbonyl (C=O) groups excluding carboxylic acids is 2. The molecule has 132 valence electrons. The minimum absolute atomic E-state index is 0.111. The van der Waals surface area contributed by atoms with E-state index in [1.165, 1.54) is 0 Å². The molecule has 3 aromatic rings. The molecule has 0 bridgehead atoms. The predicted molar refractivity (Wildman–Crippen MR) is 95.7 cm³/mol. The summed E-state index contributed by atoms with van der Waals surface area (Å²) in [6.07, 6.45) is 5.63. The first-order valence-electron chi connectivity index (χ1n) is 8.68. The molecule has 4 rings (SSSR count). The molecule has 0 aliphatic carbocycles. The fourth-order valence-corrected chi connectivity index (χ4v) is 3.15. The molecular weight excluding hydrogens is 330 g/mol. The quantitative estimate of drug-likeness (QED) is 0.780. The van der Waals surface area contributed by atoms with Crippen LogP contribution in [-0.2, 0) is 6.54 Å². The van der Waals surface area contributed by atoms with E-state index in [-0.39, 0.29) is 17.5 Å². The van der Waals surface area contributed by atoms with Crippen LogP contribution in [0.25, 0.3) is 5.52 Å². The van der Waals surface area contributed by atoms with Crippen molar-refractivity contribution in [1.82, 2.24) is 24.8 Å². The number of pyridine rings is 2. The molecule has 7 heteroatoms. The molecular formula is C19H19N5O2. The minimum Gasteiger partial charge on any atom is -0.346 e. The van der Waals surface area contributed by atoms with Crippen molar-refractivity contribution in [3.8, 4) is 0 Å². The van der Waals surface area contributed by atoms with E-state index in [1.54, 1.807) is 33.8 Å². The van der Waals surface area contributed by atoms with E-state index in [2.05, 4.69) is 15.4 Å². The fourth-order valence-electron chi connectivity index (χ4n) is 3.15. The molecule has 2 amide bonds. The van der Waals surface area contributed by atoms with Crippen LogP contribution in [0, 0.1) is 0 Å². The standard InChI is InChI=1S/C19H19N5O2/c25-18(20-12-14-13-21-24-11-2-1-8-17(14)24)15-6-5-7-16(22-15)19(26)23-9-3-4-10-23/h1-2,5-8,11,13H,3-4,9-10,12H2,(H,20,25). The zero-order valence-electron chi connectivity index (χ0n) is 14.3. The van der Waals surface area contributed by atoms with Crippen LogP contribution in [0.15, 0.2) is 48.8 Å². The molecule has 26 heavy (non-hydrogen) atoms. The van der Waals surface area contributed by atoms with Crippen LogP contribution in [0.4, 0.5) is 0 Å². The lowest BCUT2D eigenvalue weighted by molar-refractivity contribution is 0.0787. The van der Waals surface area contributed by atoms with Crippen molar-refractivity contribution in [3.63, 3.8) is 0 Å². The zero-order chi connectivity index (χ0) is 17.9. The topological polar surface area (TPSA) is 79.6 Å². The number of amides is 2. The van der Waals surface area contributed by atoms with Gasteiger partial charge in [-0.3, -0.25) is 9.59 Å². The molecule has 1 N–H and O–H groups in total. The average Bonchev–Trinajstić information content (AvgIpc) is 3.36. The minimum atomic E-state index is -0.309. The van der Waals surface area contributed by atoms with Crippen molar-refractivity contribution >= 4 is 17.3 Å². The van der Waals surface area contributed by atoms with E-state index in [0.717, 1.165) is 37.0 Å². The molecule has 0 radical (unpaired) electrons. The number of carbonyl (C=O) groups is 2. The van der Waals surface area contributed by atoms with Gasteiger partial charge in [0.25, 0.3) is 11.8 Å². The number of nitrogens with one attached hydrogen (secondary N) is 1. The number of aromatic nitrogens is 3. The Bertz CT molecular complexity index is 959. The van der Waals surface area contributed by atoms with Crippen molar-refractivity contribution in [2.75, 3.05) is 13.1 Å². The second-order valence-electron chi connectivity index (χ2n) is 6.29. The van der Waals surface area contributed by atoms with Gasteiger partial charge in [0.1, 0.15) is 11.4 Å². The summed E-state index contributed by atoms with van der Waals surface area (Å²) in [7, 11) is 0. The van der Waals surface area contributed by atoms with Crippen molar-refractivity contribution in [2.24, 2.45) is 0 Å². The van der Waals surface area contributed by atoms with E-state index < -0.39 is 0 Å². The third-order valence-corrected chi connectivity index (χ3v) is 4.54. The third-order valence-electron chi connectivity index (χ3n) is 4.54. The average molecular weight is 349 g/mol. The van der Waals surface area contributed by atoms with E-state index in [0.29, 0.717) is 12.2 Å². The van der Waals surface area contributed by atoms with Gasteiger partial charge >= 0.3 is 0 Å². The molecule has 0 spiro atoms. The monoisotopic (exact) mass is 349 g/mol. The summed E-state index contributed by atoms with van der Waals surface area (Å²) in [4.78, 5) is 30.9. The first-order chi connectivity index (χ1) is 12.7. The molecule has 0 aromatic carbocycles. The number of hydrogen-bond donors (Lipinski definition) is 1. The lowest BCUT2D eigenvalue weighted by atomic mass is 10.2. The Kier molecular flexibility index (Phi) is 4.35. The molecule has 1 fully saturated rings. The Labute approximate surface area is 150 Å². The summed E-state index contributed by atoms with van der Waals surface area (Å²) in [5.74, 6) is -0.420. The van der Waals surface area contributed by atoms with Gasteiger partial charge in [-0.1, -0.05) is 12.1 Å². The summed E-state index contributed by atoms with van der Waals surface area (Å²) in [6.45, 7) is 1.86. The maximum atomic E-state index is 12.4. The number of likely N-dealkylation sites (tertiary alicyclic amines) is 1. The van der Waals surface area contributed by atoms with Gasteiger partial charge in [0.2, 0.25) is 0 Å². The van der Waals surface area contributed by atoms with Crippen molar-refractivity contribution in [3.05, 3.63) is 65.7 Å². The fraction of sp³-hybridized carbons (Fsp3) is 0.263. The van der Waals surface area contributed by atoms with E-state index in [9.17, 15) is 9.59 Å². The highest BCUT2D eigenvalue weighted by atomic mass is 16.2. The van der Waals surface area contributed by atoms with Crippen LogP contribution < -0.4 is 5.32 Å². The first-order valence-corrected chi connectivity index (χ1v) is 8.68. The lowest BCUT2D eigenvalue weighted by Gasteiger charge is -2.14. The molecule has 3 aromatic heterocycles. The molecule has 1 aliphatic rings. The van der Waals surface area contributed by atoms with Gasteiger partial charge in [-0.25, -0.2) is 9.50 Å². The summed E-state index contributed by atoms with van der Waals surface area (Å²) in [5.41, 5.74) is 2.42. The van der Waals surface area contributed by atoms with Gasteiger partial charge in [0.15, 0.2) is 0 Å². The van der Waals surface area contributed by atoms with Gasteiger partial charge in [-0.2, -0.15) is 5.10 Å². The number of hydrogen-bond acceptors (Lipinski definition) is 4. The van der Waals surface area contributed by atoms with Gasteiger partial charge < -0.3 is 10.2 Å². The molecule has 1 saturated heterocycles. The highest BCUT2D eigenvalue weighted by Gasteiger charge is 2.21. The van der Waals surface area contributed by atoms with Crippen LogP contribution in [0.2, 0.25) is 0 Å². The summed E-state index contributed by atoms with van der Waals surface area (Å²) >= 11 is 0. The normalized spacial score (nSPS) is 13.9. The molecule has 0 saturated carbocycles. The van der Waals surface area contributed by atoms with E-state index in [1.807, 2.05) is 24.4 Å². The number of fused-ring (bicyclic) bond motifs is 1. The molecule has 0 unspecified atom stereocenters. The molecule has 1 aliphatic heterocycles. The van der Waals surface area contributed by atoms with Gasteiger partial charge in [-0.05, 0) is 37.1 Å². The Balaban J connectivity index is 1.46. The highest BCUT2D eigenvalue weighted by Crippen LogP contribution is 2.13. The number of nitrogens with zero attached hydrogens (tertiary/aromatic N) is 4. The summed E-state index contributed by atoms with van der Waals surface area (Å²) in [5, 5.41) is 7.10. The van der Waals surface area contributed by atoms with E-state index >= 15 is 0 Å². The van der Waals surface area contributed by atoms with Crippen LogP contribution in [0.3, 0.4) is 0 Å². The first kappa shape index (κ1) is 16.3. The third kappa shape index (κ3) is 3.15. The Morgan fingerprint density at radius 2 is 1.85 bits per heavy atom. The van der Waals surface area contributed by atoms with Crippen molar-refractivity contribution < 1.29 is 9.59 Å². The largest absolute Gasteiger partial charge is 0.346 e. The van der Waals surface area contributed by atoms with E-state index in [4.69, 9.17) is 0 Å². The molecule has 0 atom stereocenters. The van der Waals surface area contributed by atoms with Crippen LogP contribution in [0.1, 0.15) is 39.4 Å². The predicted octanol–water partition coefficient (Wildman–Crippen LogP) is 1.90. The number of rotatable bonds is 4. The van der Waals surface area contributed by atoms with Gasteiger partial charge in [-0.15, -0.1) is 0 Å². The Hall–Kier alpha value is -3.22.